The lowest BCUT2D eigenvalue weighted by Crippen LogP contribution is -2.29. The number of ether oxygens (including phenoxy) is 1. The van der Waals surface area contributed by atoms with Gasteiger partial charge in [0, 0.05) is 19.0 Å². The Bertz CT molecular complexity index is 842. The molecule has 2 aliphatic rings. The van der Waals surface area contributed by atoms with Gasteiger partial charge in [-0.15, -0.1) is 0 Å². The molecule has 1 aliphatic heterocycles. The standard InChI is InChI=1S/C24H25NO2/c1-17-21-16-25(23(22(17)21)24(26)27-2)15-9-14-20(18-10-5-3-6-11-18)19-12-7-4-8-13-19/h3-8,10-14,17,21H,9,15-16H2,1-2H3/t17-,21+/m1/s1. The van der Waals surface area contributed by atoms with E-state index in [0.29, 0.717) is 11.8 Å². The number of hydrogen-bond acceptors (Lipinski definition) is 3. The summed E-state index contributed by atoms with van der Waals surface area (Å²) >= 11 is 0. The van der Waals surface area contributed by atoms with Gasteiger partial charge in [0.05, 0.1) is 7.11 Å². The first-order chi connectivity index (χ1) is 13.2. The number of esters is 1. The monoisotopic (exact) mass is 359 g/mol. The Balaban J connectivity index is 1.54. The zero-order valence-corrected chi connectivity index (χ0v) is 15.9. The first-order valence-corrected chi connectivity index (χ1v) is 9.59. The Morgan fingerprint density at radius 2 is 1.67 bits per heavy atom. The highest BCUT2D eigenvalue weighted by atomic mass is 16.5. The van der Waals surface area contributed by atoms with E-state index in [0.717, 1.165) is 25.2 Å². The number of fused-ring (bicyclic) bond motifs is 1. The molecular weight excluding hydrogens is 334 g/mol. The van der Waals surface area contributed by atoms with Gasteiger partial charge in [-0.25, -0.2) is 4.79 Å². The van der Waals surface area contributed by atoms with E-state index >= 15 is 0 Å². The maximum atomic E-state index is 12.2. The van der Waals surface area contributed by atoms with Gasteiger partial charge in [0.25, 0.3) is 0 Å². The summed E-state index contributed by atoms with van der Waals surface area (Å²) < 4.78 is 5.02. The van der Waals surface area contributed by atoms with E-state index in [2.05, 4.69) is 66.4 Å². The van der Waals surface area contributed by atoms with Gasteiger partial charge in [0.1, 0.15) is 5.70 Å². The molecule has 0 amide bonds. The van der Waals surface area contributed by atoms with E-state index in [1.807, 2.05) is 12.1 Å². The zero-order chi connectivity index (χ0) is 18.8. The van der Waals surface area contributed by atoms with Crippen LogP contribution in [-0.2, 0) is 9.53 Å². The molecule has 3 nitrogen and oxygen atoms in total. The molecule has 1 fully saturated rings. The Hall–Kier alpha value is -2.81. The van der Waals surface area contributed by atoms with Gasteiger partial charge in [0.15, 0.2) is 0 Å². The normalized spacial score (nSPS) is 20.3. The minimum atomic E-state index is -0.188. The zero-order valence-electron chi connectivity index (χ0n) is 15.9. The van der Waals surface area contributed by atoms with E-state index in [1.54, 1.807) is 0 Å². The molecule has 1 saturated carbocycles. The number of methoxy groups -OCH3 is 1. The van der Waals surface area contributed by atoms with E-state index in [-0.39, 0.29) is 5.97 Å². The van der Waals surface area contributed by atoms with Crippen LogP contribution in [0.15, 0.2) is 78.0 Å². The second kappa shape index (κ2) is 7.43. The fraction of sp³-hybridized carbons (Fsp3) is 0.292. The fourth-order valence-corrected chi connectivity index (χ4v) is 4.17. The van der Waals surface area contributed by atoms with Crippen LogP contribution in [0.25, 0.3) is 5.57 Å². The van der Waals surface area contributed by atoms with E-state index < -0.39 is 0 Å². The number of rotatable bonds is 6. The third kappa shape index (κ3) is 3.42. The molecular formula is C24H25NO2. The molecule has 2 atom stereocenters. The van der Waals surface area contributed by atoms with Crippen LogP contribution in [0.4, 0.5) is 0 Å². The molecule has 0 N–H and O–H groups in total. The summed E-state index contributed by atoms with van der Waals surface area (Å²) in [4.78, 5) is 14.4. The minimum Gasteiger partial charge on any atom is -0.464 e. The lowest BCUT2D eigenvalue weighted by molar-refractivity contribution is -0.137. The first-order valence-electron chi connectivity index (χ1n) is 9.59. The average Bonchev–Trinajstić information content (AvgIpc) is 3.16. The Kier molecular flexibility index (Phi) is 4.85. The highest BCUT2D eigenvalue weighted by Crippen LogP contribution is 2.53. The topological polar surface area (TPSA) is 29.5 Å². The molecule has 2 aromatic rings. The number of nitrogens with zero attached hydrogens (tertiary/aromatic N) is 1. The first kappa shape index (κ1) is 17.6. The quantitative estimate of drug-likeness (QED) is 0.711. The average molecular weight is 359 g/mol. The molecule has 0 radical (unpaired) electrons. The lowest BCUT2D eigenvalue weighted by atomic mass is 9.97. The summed E-state index contributed by atoms with van der Waals surface area (Å²) in [6.07, 6.45) is 3.17. The second-order valence-corrected chi connectivity index (χ2v) is 7.28. The van der Waals surface area contributed by atoms with E-state index in [1.165, 1.54) is 29.4 Å². The van der Waals surface area contributed by atoms with Crippen LogP contribution >= 0.6 is 0 Å². The maximum Gasteiger partial charge on any atom is 0.354 e. The third-order valence-electron chi connectivity index (χ3n) is 5.69. The maximum absolute atomic E-state index is 12.2. The Morgan fingerprint density at radius 3 is 2.22 bits per heavy atom. The largest absolute Gasteiger partial charge is 0.464 e. The number of benzene rings is 2. The van der Waals surface area contributed by atoms with Crippen molar-refractivity contribution in [3.8, 4) is 0 Å². The molecule has 0 bridgehead atoms. The smallest absolute Gasteiger partial charge is 0.354 e. The predicted octanol–water partition coefficient (Wildman–Crippen LogP) is 4.52. The van der Waals surface area contributed by atoms with Crippen molar-refractivity contribution in [2.75, 3.05) is 20.2 Å². The summed E-state index contributed by atoms with van der Waals surface area (Å²) in [5, 5.41) is 0. The Morgan fingerprint density at radius 1 is 1.07 bits per heavy atom. The van der Waals surface area contributed by atoms with Gasteiger partial charge in [0.2, 0.25) is 0 Å². The molecule has 2 aromatic carbocycles. The van der Waals surface area contributed by atoms with Crippen LogP contribution in [0.2, 0.25) is 0 Å². The summed E-state index contributed by atoms with van der Waals surface area (Å²) in [5.41, 5.74) is 5.77. The van der Waals surface area contributed by atoms with Crippen molar-refractivity contribution in [3.63, 3.8) is 0 Å². The number of carbonyl (C=O) groups is 1. The predicted molar refractivity (Wildman–Crippen MR) is 108 cm³/mol. The molecule has 0 aromatic heterocycles. The minimum absolute atomic E-state index is 0.188. The molecule has 1 heterocycles. The molecule has 0 unspecified atom stereocenters. The Labute approximate surface area is 161 Å². The van der Waals surface area contributed by atoms with Gasteiger partial charge >= 0.3 is 5.97 Å². The van der Waals surface area contributed by atoms with Crippen LogP contribution in [0.5, 0.6) is 0 Å². The summed E-state index contributed by atoms with van der Waals surface area (Å²) in [6, 6.07) is 20.9. The highest BCUT2D eigenvalue weighted by molar-refractivity contribution is 5.91. The van der Waals surface area contributed by atoms with Crippen molar-refractivity contribution < 1.29 is 9.53 Å². The second-order valence-electron chi connectivity index (χ2n) is 7.28. The third-order valence-corrected chi connectivity index (χ3v) is 5.69. The van der Waals surface area contributed by atoms with Crippen LogP contribution < -0.4 is 0 Å². The lowest BCUT2D eigenvalue weighted by Gasteiger charge is -2.23. The van der Waals surface area contributed by atoms with Gasteiger partial charge in [-0.1, -0.05) is 73.7 Å². The van der Waals surface area contributed by atoms with Crippen molar-refractivity contribution in [3.05, 3.63) is 89.1 Å². The van der Waals surface area contributed by atoms with Crippen LogP contribution in [0.1, 0.15) is 24.5 Å². The molecule has 138 valence electrons. The fourth-order valence-electron chi connectivity index (χ4n) is 4.17. The summed E-state index contributed by atoms with van der Waals surface area (Å²) in [6.45, 7) is 3.98. The van der Waals surface area contributed by atoms with Crippen molar-refractivity contribution in [1.82, 2.24) is 4.90 Å². The van der Waals surface area contributed by atoms with Gasteiger partial charge in [-0.2, -0.15) is 0 Å². The van der Waals surface area contributed by atoms with Crippen molar-refractivity contribution in [2.45, 2.75) is 13.3 Å². The summed E-state index contributed by atoms with van der Waals surface area (Å²) in [7, 11) is 1.47. The van der Waals surface area contributed by atoms with Crippen molar-refractivity contribution in [1.29, 1.82) is 0 Å². The van der Waals surface area contributed by atoms with Crippen LogP contribution in [0, 0.1) is 11.8 Å². The van der Waals surface area contributed by atoms with Crippen LogP contribution in [-0.4, -0.2) is 31.1 Å². The highest BCUT2D eigenvalue weighted by Gasteiger charge is 2.51. The summed E-state index contributed by atoms with van der Waals surface area (Å²) in [5.74, 6) is 0.896. The molecule has 1 aliphatic carbocycles. The molecule has 4 rings (SSSR count). The SMILES string of the molecule is COC(=O)C1=C2[C@@H](CN1CCC=C(c1ccccc1)c1ccccc1)[C@H]2C. The molecule has 3 heteroatoms. The van der Waals surface area contributed by atoms with E-state index in [9.17, 15) is 4.79 Å². The van der Waals surface area contributed by atoms with E-state index in [4.69, 9.17) is 4.74 Å². The molecule has 0 spiro atoms. The van der Waals surface area contributed by atoms with Crippen LogP contribution in [0.3, 0.4) is 0 Å². The molecule has 0 saturated heterocycles. The van der Waals surface area contributed by atoms with Crippen molar-refractivity contribution >= 4 is 11.5 Å². The van der Waals surface area contributed by atoms with Crippen molar-refractivity contribution in [2.24, 2.45) is 11.8 Å². The van der Waals surface area contributed by atoms with Gasteiger partial charge < -0.3 is 9.64 Å². The van der Waals surface area contributed by atoms with Gasteiger partial charge in [-0.05, 0) is 34.6 Å². The number of carbonyl (C=O) groups excluding carboxylic acids is 1. The number of hydrogen-bond donors (Lipinski definition) is 0. The molecule has 27 heavy (non-hydrogen) atoms. The van der Waals surface area contributed by atoms with Gasteiger partial charge in [-0.3, -0.25) is 0 Å².